The third kappa shape index (κ3) is 4.42. The van der Waals surface area contributed by atoms with E-state index in [9.17, 15) is 4.79 Å². The van der Waals surface area contributed by atoms with Crippen LogP contribution in [-0.4, -0.2) is 66.8 Å². The zero-order valence-corrected chi connectivity index (χ0v) is 15.6. The SMILES string of the molecule is CC(C)CNC(=O)N1CCC2(CC1)CC(N1CCCCC1)CCO2. The molecule has 0 aliphatic carbocycles. The van der Waals surface area contributed by atoms with Crippen LogP contribution in [0.15, 0.2) is 0 Å². The highest BCUT2D eigenvalue weighted by molar-refractivity contribution is 5.74. The Morgan fingerprint density at radius 2 is 1.88 bits per heavy atom. The molecule has 5 heteroatoms. The van der Waals surface area contributed by atoms with Crippen molar-refractivity contribution >= 4 is 6.03 Å². The van der Waals surface area contributed by atoms with Crippen molar-refractivity contribution in [2.45, 2.75) is 70.4 Å². The minimum absolute atomic E-state index is 0.0230. The van der Waals surface area contributed by atoms with Crippen molar-refractivity contribution in [2.75, 3.05) is 39.3 Å². The third-order valence-electron chi connectivity index (χ3n) is 6.00. The molecule has 3 aliphatic rings. The number of carbonyl (C=O) groups excluding carboxylic acids is 1. The van der Waals surface area contributed by atoms with Gasteiger partial charge < -0.3 is 19.9 Å². The van der Waals surface area contributed by atoms with Crippen LogP contribution in [0.4, 0.5) is 4.79 Å². The molecule has 138 valence electrons. The first-order valence-corrected chi connectivity index (χ1v) is 9.99. The zero-order chi connectivity index (χ0) is 17.0. The van der Waals surface area contributed by atoms with Gasteiger partial charge in [-0.15, -0.1) is 0 Å². The summed E-state index contributed by atoms with van der Waals surface area (Å²) >= 11 is 0. The van der Waals surface area contributed by atoms with Gasteiger partial charge in [-0.05, 0) is 57.5 Å². The second kappa shape index (κ2) is 8.05. The van der Waals surface area contributed by atoms with Crippen LogP contribution in [0.5, 0.6) is 0 Å². The van der Waals surface area contributed by atoms with Crippen LogP contribution in [0.25, 0.3) is 0 Å². The number of nitrogens with zero attached hydrogens (tertiary/aromatic N) is 2. The quantitative estimate of drug-likeness (QED) is 0.861. The molecule has 5 nitrogen and oxygen atoms in total. The van der Waals surface area contributed by atoms with Crippen molar-refractivity contribution in [1.82, 2.24) is 15.1 Å². The lowest BCUT2D eigenvalue weighted by Gasteiger charge is -2.49. The lowest BCUT2D eigenvalue weighted by molar-refractivity contribution is -0.130. The van der Waals surface area contributed by atoms with E-state index in [0.29, 0.717) is 12.0 Å². The lowest BCUT2D eigenvalue weighted by atomic mass is 9.81. The van der Waals surface area contributed by atoms with E-state index in [-0.39, 0.29) is 11.6 Å². The van der Waals surface area contributed by atoms with Crippen molar-refractivity contribution in [3.8, 4) is 0 Å². The maximum atomic E-state index is 12.3. The van der Waals surface area contributed by atoms with Crippen LogP contribution < -0.4 is 5.32 Å². The highest BCUT2D eigenvalue weighted by atomic mass is 16.5. The standard InChI is InChI=1S/C19H35N3O2/c1-16(2)15-20-18(23)22-11-7-19(8-12-22)14-17(6-13-24-19)21-9-4-3-5-10-21/h16-17H,3-15H2,1-2H3,(H,20,23). The van der Waals surface area contributed by atoms with Gasteiger partial charge in [0.1, 0.15) is 0 Å². The Kier molecular flexibility index (Phi) is 6.03. The Labute approximate surface area is 147 Å². The Morgan fingerprint density at radius 1 is 1.17 bits per heavy atom. The Bertz CT molecular complexity index is 413. The van der Waals surface area contributed by atoms with Crippen molar-refractivity contribution in [2.24, 2.45) is 5.92 Å². The number of ether oxygens (including phenoxy) is 1. The van der Waals surface area contributed by atoms with E-state index in [2.05, 4.69) is 24.1 Å². The molecule has 3 saturated heterocycles. The molecule has 24 heavy (non-hydrogen) atoms. The van der Waals surface area contributed by atoms with Gasteiger partial charge in [0.05, 0.1) is 5.60 Å². The Morgan fingerprint density at radius 3 is 2.54 bits per heavy atom. The van der Waals surface area contributed by atoms with Gasteiger partial charge in [0.25, 0.3) is 0 Å². The van der Waals surface area contributed by atoms with Crippen molar-refractivity contribution in [3.63, 3.8) is 0 Å². The molecule has 1 atom stereocenters. The number of urea groups is 1. The summed E-state index contributed by atoms with van der Waals surface area (Å²) in [5.41, 5.74) is 0.0230. The monoisotopic (exact) mass is 337 g/mol. The molecule has 0 aromatic rings. The lowest BCUT2D eigenvalue weighted by Crippen LogP contribution is -2.56. The molecule has 3 aliphatic heterocycles. The average Bonchev–Trinajstić information content (AvgIpc) is 2.61. The number of nitrogens with one attached hydrogen (secondary N) is 1. The molecule has 0 saturated carbocycles. The number of hydrogen-bond acceptors (Lipinski definition) is 3. The summed E-state index contributed by atoms with van der Waals surface area (Å²) in [5.74, 6) is 0.497. The van der Waals surface area contributed by atoms with Gasteiger partial charge in [0.15, 0.2) is 0 Å². The third-order valence-corrected chi connectivity index (χ3v) is 6.00. The van der Waals surface area contributed by atoms with E-state index in [1.807, 2.05) is 4.90 Å². The van der Waals surface area contributed by atoms with Crippen LogP contribution in [0, 0.1) is 5.92 Å². The first-order valence-electron chi connectivity index (χ1n) is 9.99. The van der Waals surface area contributed by atoms with Crippen LogP contribution in [0.3, 0.4) is 0 Å². The first kappa shape index (κ1) is 18.0. The van der Waals surface area contributed by atoms with E-state index < -0.39 is 0 Å². The smallest absolute Gasteiger partial charge is 0.317 e. The van der Waals surface area contributed by atoms with E-state index in [0.717, 1.165) is 45.5 Å². The summed E-state index contributed by atoms with van der Waals surface area (Å²) in [4.78, 5) is 16.9. The fourth-order valence-corrected chi connectivity index (χ4v) is 4.47. The van der Waals surface area contributed by atoms with E-state index in [1.54, 1.807) is 0 Å². The van der Waals surface area contributed by atoms with Gasteiger partial charge in [0, 0.05) is 32.3 Å². The van der Waals surface area contributed by atoms with Gasteiger partial charge in [-0.2, -0.15) is 0 Å². The second-order valence-corrected chi connectivity index (χ2v) is 8.34. The minimum Gasteiger partial charge on any atom is -0.375 e. The second-order valence-electron chi connectivity index (χ2n) is 8.34. The molecule has 0 aromatic carbocycles. The highest BCUT2D eigenvalue weighted by Crippen LogP contribution is 2.37. The predicted octanol–water partition coefficient (Wildman–Crippen LogP) is 2.85. The van der Waals surface area contributed by atoms with Gasteiger partial charge in [-0.1, -0.05) is 20.3 Å². The maximum Gasteiger partial charge on any atom is 0.317 e. The fourth-order valence-electron chi connectivity index (χ4n) is 4.47. The molecule has 0 radical (unpaired) electrons. The Hall–Kier alpha value is -0.810. The van der Waals surface area contributed by atoms with Gasteiger partial charge in [-0.25, -0.2) is 4.79 Å². The number of likely N-dealkylation sites (tertiary alicyclic amines) is 2. The summed E-state index contributed by atoms with van der Waals surface area (Å²) in [5, 5.41) is 3.04. The molecule has 3 fully saturated rings. The van der Waals surface area contributed by atoms with Crippen LogP contribution >= 0.6 is 0 Å². The van der Waals surface area contributed by atoms with Gasteiger partial charge in [0.2, 0.25) is 0 Å². The van der Waals surface area contributed by atoms with Crippen LogP contribution in [0.1, 0.15) is 58.8 Å². The van der Waals surface area contributed by atoms with E-state index in [1.165, 1.54) is 38.8 Å². The number of piperidine rings is 2. The summed E-state index contributed by atoms with van der Waals surface area (Å²) in [6, 6.07) is 0.794. The molecular formula is C19H35N3O2. The zero-order valence-electron chi connectivity index (χ0n) is 15.6. The summed E-state index contributed by atoms with van der Waals surface area (Å²) in [6.07, 6.45) is 8.43. The van der Waals surface area contributed by atoms with Crippen molar-refractivity contribution < 1.29 is 9.53 Å². The number of hydrogen-bond donors (Lipinski definition) is 1. The average molecular weight is 338 g/mol. The Balaban J connectivity index is 1.49. The molecule has 2 amide bonds. The molecule has 1 N–H and O–H groups in total. The van der Waals surface area contributed by atoms with Crippen LogP contribution in [0.2, 0.25) is 0 Å². The van der Waals surface area contributed by atoms with Crippen LogP contribution in [-0.2, 0) is 4.74 Å². The number of amides is 2. The topological polar surface area (TPSA) is 44.8 Å². The number of rotatable bonds is 3. The van der Waals surface area contributed by atoms with Crippen molar-refractivity contribution in [3.05, 3.63) is 0 Å². The van der Waals surface area contributed by atoms with E-state index >= 15 is 0 Å². The van der Waals surface area contributed by atoms with Crippen molar-refractivity contribution in [1.29, 1.82) is 0 Å². The molecule has 0 aromatic heterocycles. The molecule has 0 bridgehead atoms. The summed E-state index contributed by atoms with van der Waals surface area (Å²) in [6.45, 7) is 10.1. The number of carbonyl (C=O) groups is 1. The minimum atomic E-state index is 0.0230. The predicted molar refractivity (Wildman–Crippen MR) is 96.2 cm³/mol. The van der Waals surface area contributed by atoms with Gasteiger partial charge >= 0.3 is 6.03 Å². The summed E-state index contributed by atoms with van der Waals surface area (Å²) in [7, 11) is 0. The molecule has 3 heterocycles. The fraction of sp³-hybridized carbons (Fsp3) is 0.947. The van der Waals surface area contributed by atoms with E-state index in [4.69, 9.17) is 4.74 Å². The normalized spacial score (nSPS) is 28.3. The highest BCUT2D eigenvalue weighted by Gasteiger charge is 2.42. The maximum absolute atomic E-state index is 12.3. The molecule has 1 unspecified atom stereocenters. The molecular weight excluding hydrogens is 302 g/mol. The van der Waals surface area contributed by atoms with Gasteiger partial charge in [-0.3, -0.25) is 0 Å². The first-order chi connectivity index (χ1) is 11.6. The largest absolute Gasteiger partial charge is 0.375 e. The molecule has 1 spiro atoms. The molecule has 3 rings (SSSR count). The summed E-state index contributed by atoms with van der Waals surface area (Å²) < 4.78 is 6.27.